The molecule has 0 aliphatic heterocycles. The van der Waals surface area contributed by atoms with Gasteiger partial charge >= 0.3 is 0 Å². The molecule has 0 unspecified atom stereocenters. The third-order valence-corrected chi connectivity index (χ3v) is 3.88. The van der Waals surface area contributed by atoms with E-state index in [1.165, 1.54) is 0 Å². The molecule has 1 aromatic carbocycles. The average molecular weight is 327 g/mol. The van der Waals surface area contributed by atoms with E-state index in [1.807, 2.05) is 50.4 Å². The highest BCUT2D eigenvalue weighted by molar-refractivity contribution is 5.81. The van der Waals surface area contributed by atoms with E-state index in [2.05, 4.69) is 20.4 Å². The van der Waals surface area contributed by atoms with E-state index in [9.17, 15) is 4.79 Å². The molecule has 0 spiro atoms. The van der Waals surface area contributed by atoms with E-state index in [-0.39, 0.29) is 11.8 Å². The maximum Gasteiger partial charge on any atom is 0.246 e. The molecule has 0 saturated heterocycles. The van der Waals surface area contributed by atoms with Crippen LogP contribution in [0.5, 0.6) is 0 Å². The van der Waals surface area contributed by atoms with E-state index < -0.39 is 6.04 Å². The van der Waals surface area contributed by atoms with Crippen LogP contribution in [-0.4, -0.2) is 28.5 Å². The SMILES string of the molecule is CC(C)[C@H](N=N)C(=O)NCCCCc1nc(-c2ccccc2)c[nH]1. The van der Waals surface area contributed by atoms with Crippen LogP contribution < -0.4 is 5.32 Å². The third kappa shape index (κ3) is 5.01. The highest BCUT2D eigenvalue weighted by Crippen LogP contribution is 2.16. The number of nitrogens with one attached hydrogen (secondary N) is 3. The second-order valence-corrected chi connectivity index (χ2v) is 6.16. The Bertz CT molecular complexity index is 650. The molecule has 1 heterocycles. The number of unbranched alkanes of at least 4 members (excludes halogenated alkanes) is 1. The summed E-state index contributed by atoms with van der Waals surface area (Å²) < 4.78 is 0. The number of amides is 1. The average Bonchev–Trinajstić information content (AvgIpc) is 3.04. The van der Waals surface area contributed by atoms with Crippen molar-refractivity contribution in [3.63, 3.8) is 0 Å². The van der Waals surface area contributed by atoms with Gasteiger partial charge in [0.15, 0.2) is 6.04 Å². The molecule has 2 aromatic rings. The van der Waals surface area contributed by atoms with Gasteiger partial charge in [0.2, 0.25) is 5.91 Å². The van der Waals surface area contributed by atoms with E-state index >= 15 is 0 Å². The van der Waals surface area contributed by atoms with Gasteiger partial charge in [-0.2, -0.15) is 5.11 Å². The molecular weight excluding hydrogens is 302 g/mol. The molecule has 0 radical (unpaired) electrons. The van der Waals surface area contributed by atoms with Gasteiger partial charge in [0.05, 0.1) is 5.69 Å². The Kier molecular flexibility index (Phi) is 6.66. The number of imidazole rings is 1. The van der Waals surface area contributed by atoms with Crippen molar-refractivity contribution < 1.29 is 4.79 Å². The van der Waals surface area contributed by atoms with Gasteiger partial charge in [-0.3, -0.25) is 4.79 Å². The fraction of sp³-hybridized carbons (Fsp3) is 0.444. The van der Waals surface area contributed by atoms with Crippen molar-refractivity contribution in [2.24, 2.45) is 11.0 Å². The van der Waals surface area contributed by atoms with Crippen LogP contribution in [0.4, 0.5) is 0 Å². The molecule has 6 heteroatoms. The smallest absolute Gasteiger partial charge is 0.246 e. The Morgan fingerprint density at radius 3 is 2.71 bits per heavy atom. The molecule has 1 amide bonds. The van der Waals surface area contributed by atoms with Crippen molar-refractivity contribution in [1.82, 2.24) is 15.3 Å². The molecule has 24 heavy (non-hydrogen) atoms. The van der Waals surface area contributed by atoms with Gasteiger partial charge in [-0.25, -0.2) is 10.5 Å². The van der Waals surface area contributed by atoms with Crippen molar-refractivity contribution in [1.29, 1.82) is 5.53 Å². The lowest BCUT2D eigenvalue weighted by atomic mass is 10.0. The Morgan fingerprint density at radius 1 is 1.29 bits per heavy atom. The van der Waals surface area contributed by atoms with Crippen molar-refractivity contribution in [3.05, 3.63) is 42.4 Å². The monoisotopic (exact) mass is 327 g/mol. The molecule has 3 N–H and O–H groups in total. The normalized spacial score (nSPS) is 12.1. The molecular formula is C18H25N5O. The molecule has 6 nitrogen and oxygen atoms in total. The largest absolute Gasteiger partial charge is 0.354 e. The standard InChI is InChI=1S/C18H25N5O/c1-13(2)17(23-19)18(24)20-11-7-6-10-16-21-12-15(22-16)14-8-4-3-5-9-14/h3-5,8-9,12-13,17,19H,6-7,10-11H2,1-2H3,(H,20,24)(H,21,22)/t17-/m0/s1. The lowest BCUT2D eigenvalue weighted by Gasteiger charge is -2.14. The fourth-order valence-corrected chi connectivity index (χ4v) is 2.49. The minimum absolute atomic E-state index is 0.0435. The summed E-state index contributed by atoms with van der Waals surface area (Å²) in [6, 6.07) is 9.49. The summed E-state index contributed by atoms with van der Waals surface area (Å²) in [6.07, 6.45) is 4.58. The highest BCUT2D eigenvalue weighted by atomic mass is 16.2. The van der Waals surface area contributed by atoms with Crippen molar-refractivity contribution in [3.8, 4) is 11.3 Å². The molecule has 128 valence electrons. The summed E-state index contributed by atoms with van der Waals surface area (Å²) in [7, 11) is 0. The Labute approximate surface area is 142 Å². The minimum atomic E-state index is -0.580. The predicted molar refractivity (Wildman–Crippen MR) is 93.7 cm³/mol. The molecule has 2 rings (SSSR count). The van der Waals surface area contributed by atoms with Crippen LogP contribution in [0.1, 0.15) is 32.5 Å². The van der Waals surface area contributed by atoms with E-state index in [0.29, 0.717) is 6.54 Å². The van der Waals surface area contributed by atoms with E-state index in [0.717, 1.165) is 36.3 Å². The van der Waals surface area contributed by atoms with E-state index in [1.54, 1.807) is 0 Å². The van der Waals surface area contributed by atoms with Gasteiger partial charge in [-0.05, 0) is 18.8 Å². The molecule has 0 saturated carbocycles. The predicted octanol–water partition coefficient (Wildman–Crippen LogP) is 3.57. The van der Waals surface area contributed by atoms with Crippen LogP contribution in [0.25, 0.3) is 11.3 Å². The van der Waals surface area contributed by atoms with Crippen LogP contribution in [0.15, 0.2) is 41.6 Å². The first kappa shape index (κ1) is 17.8. The van der Waals surface area contributed by atoms with Gasteiger partial charge in [0.1, 0.15) is 5.82 Å². The zero-order chi connectivity index (χ0) is 17.4. The van der Waals surface area contributed by atoms with Crippen LogP contribution in [0, 0.1) is 11.4 Å². The number of benzene rings is 1. The van der Waals surface area contributed by atoms with Gasteiger partial charge in [-0.15, -0.1) is 0 Å². The maximum atomic E-state index is 11.9. The summed E-state index contributed by atoms with van der Waals surface area (Å²) in [4.78, 5) is 19.7. The van der Waals surface area contributed by atoms with Gasteiger partial charge < -0.3 is 10.3 Å². The minimum Gasteiger partial charge on any atom is -0.354 e. The summed E-state index contributed by atoms with van der Waals surface area (Å²) >= 11 is 0. The first-order valence-electron chi connectivity index (χ1n) is 8.35. The number of H-pyrrole nitrogens is 1. The fourth-order valence-electron chi connectivity index (χ4n) is 2.49. The highest BCUT2D eigenvalue weighted by Gasteiger charge is 2.20. The topological polar surface area (TPSA) is 94.0 Å². The second kappa shape index (κ2) is 8.96. The van der Waals surface area contributed by atoms with Crippen molar-refractivity contribution in [2.75, 3.05) is 6.54 Å². The van der Waals surface area contributed by atoms with Gasteiger partial charge in [0.25, 0.3) is 0 Å². The summed E-state index contributed by atoms with van der Waals surface area (Å²) in [5.74, 6) is 0.841. The number of aromatic nitrogens is 2. The van der Waals surface area contributed by atoms with Gasteiger partial charge in [0, 0.05) is 24.7 Å². The number of aryl methyl sites for hydroxylation is 1. The van der Waals surface area contributed by atoms with Gasteiger partial charge in [-0.1, -0.05) is 44.2 Å². The lowest BCUT2D eigenvalue weighted by Crippen LogP contribution is -2.36. The van der Waals surface area contributed by atoms with Crippen molar-refractivity contribution >= 4 is 5.91 Å². The maximum absolute atomic E-state index is 11.9. The molecule has 1 atom stereocenters. The van der Waals surface area contributed by atoms with Crippen LogP contribution in [0.2, 0.25) is 0 Å². The first-order valence-corrected chi connectivity index (χ1v) is 8.35. The summed E-state index contributed by atoms with van der Waals surface area (Å²) in [5.41, 5.74) is 9.13. The number of hydrogen-bond acceptors (Lipinski definition) is 4. The third-order valence-electron chi connectivity index (χ3n) is 3.88. The van der Waals surface area contributed by atoms with Crippen molar-refractivity contribution in [2.45, 2.75) is 39.2 Å². The van der Waals surface area contributed by atoms with Crippen LogP contribution in [0.3, 0.4) is 0 Å². The second-order valence-electron chi connectivity index (χ2n) is 6.16. The van der Waals surface area contributed by atoms with Crippen LogP contribution >= 0.6 is 0 Å². The Morgan fingerprint density at radius 2 is 2.04 bits per heavy atom. The molecule has 0 bridgehead atoms. The zero-order valence-corrected chi connectivity index (χ0v) is 14.2. The number of carbonyl (C=O) groups excluding carboxylic acids is 1. The number of aromatic amines is 1. The number of rotatable bonds is 9. The molecule has 0 fully saturated rings. The first-order chi connectivity index (χ1) is 11.6. The number of hydrogen-bond donors (Lipinski definition) is 3. The Balaban J connectivity index is 1.71. The zero-order valence-electron chi connectivity index (χ0n) is 14.2. The van der Waals surface area contributed by atoms with E-state index in [4.69, 9.17) is 5.53 Å². The molecule has 0 aliphatic rings. The Hall–Kier alpha value is -2.50. The summed E-state index contributed by atoms with van der Waals surface area (Å²) in [5, 5.41) is 6.24. The number of nitrogens with zero attached hydrogens (tertiary/aromatic N) is 2. The van der Waals surface area contributed by atoms with Crippen LogP contribution in [-0.2, 0) is 11.2 Å². The number of carbonyl (C=O) groups is 1. The molecule has 0 aliphatic carbocycles. The molecule has 1 aromatic heterocycles. The quantitative estimate of drug-likeness (QED) is 0.485. The lowest BCUT2D eigenvalue weighted by molar-refractivity contribution is -0.123. The summed E-state index contributed by atoms with van der Waals surface area (Å²) in [6.45, 7) is 4.39.